The van der Waals surface area contributed by atoms with Gasteiger partial charge in [-0.2, -0.15) is 0 Å². The third kappa shape index (κ3) is 5.00. The van der Waals surface area contributed by atoms with Crippen LogP contribution in [-0.2, 0) is 19.2 Å². The van der Waals surface area contributed by atoms with E-state index in [4.69, 9.17) is 21.7 Å². The van der Waals surface area contributed by atoms with Crippen molar-refractivity contribution in [1.29, 1.82) is 5.41 Å². The van der Waals surface area contributed by atoms with Gasteiger partial charge in [-0.3, -0.25) is 19.9 Å². The number of thiazole rings is 1. The molecule has 16 heteroatoms. The number of amides is 2. The Morgan fingerprint density at radius 3 is 2.81 bits per heavy atom. The van der Waals surface area contributed by atoms with Gasteiger partial charge in [0.15, 0.2) is 10.8 Å². The summed E-state index contributed by atoms with van der Waals surface area (Å²) in [6.07, 6.45) is 1.47. The summed E-state index contributed by atoms with van der Waals surface area (Å²) in [5, 5.41) is 25.4. The number of carbonyl (C=O) groups is 3. The topological polar surface area (TPSA) is 210 Å². The maximum absolute atomic E-state index is 12.9. The van der Waals surface area contributed by atoms with Crippen LogP contribution in [0.4, 0.5) is 5.13 Å². The van der Waals surface area contributed by atoms with Crippen LogP contribution in [0.1, 0.15) is 11.3 Å². The second-order valence-electron chi connectivity index (χ2n) is 7.40. The number of fused-ring (bicyclic) bond motifs is 1. The van der Waals surface area contributed by atoms with Gasteiger partial charge < -0.3 is 26.7 Å². The monoisotopic (exact) mass is 548 g/mol. The Morgan fingerprint density at radius 1 is 1.44 bits per heavy atom. The van der Waals surface area contributed by atoms with E-state index in [0.717, 1.165) is 11.3 Å². The van der Waals surface area contributed by atoms with E-state index >= 15 is 0 Å². The molecule has 2 aliphatic heterocycles. The zero-order valence-electron chi connectivity index (χ0n) is 18.6. The quantitative estimate of drug-likeness (QED) is 0.0944. The van der Waals surface area contributed by atoms with Crippen molar-refractivity contribution in [3.8, 4) is 0 Å². The third-order valence-corrected chi connectivity index (χ3v) is 8.18. The number of hydrogen-bond donors (Lipinski definition) is 5. The lowest BCUT2D eigenvalue weighted by atomic mass is 10.0. The minimum Gasteiger partial charge on any atom is -0.477 e. The van der Waals surface area contributed by atoms with Gasteiger partial charge in [0.05, 0.1) is 5.03 Å². The van der Waals surface area contributed by atoms with Crippen LogP contribution in [0, 0.1) is 5.41 Å². The largest absolute Gasteiger partial charge is 0.477 e. The number of oxime groups is 1. The molecule has 0 spiro atoms. The molecule has 4 rings (SSSR count). The van der Waals surface area contributed by atoms with Crippen LogP contribution in [0.2, 0.25) is 0 Å². The van der Waals surface area contributed by atoms with Crippen LogP contribution in [0.15, 0.2) is 45.2 Å². The Labute approximate surface area is 216 Å². The second-order valence-corrected chi connectivity index (χ2v) is 10.4. The molecule has 1 fully saturated rings. The summed E-state index contributed by atoms with van der Waals surface area (Å²) in [6, 6.07) is 2.41. The molecule has 13 nitrogen and oxygen atoms in total. The third-order valence-electron chi connectivity index (χ3n) is 5.14. The molecule has 0 aliphatic carbocycles. The normalized spacial score (nSPS) is 19.4. The van der Waals surface area contributed by atoms with Crippen LogP contribution >= 0.6 is 34.9 Å². The van der Waals surface area contributed by atoms with Crippen molar-refractivity contribution in [3.05, 3.63) is 46.2 Å². The first-order chi connectivity index (χ1) is 17.2. The average molecular weight is 549 g/mol. The van der Waals surface area contributed by atoms with Gasteiger partial charge in [0, 0.05) is 28.6 Å². The van der Waals surface area contributed by atoms with Crippen LogP contribution in [-0.4, -0.2) is 79.3 Å². The summed E-state index contributed by atoms with van der Waals surface area (Å²) in [6.45, 7) is 0. The highest BCUT2D eigenvalue weighted by Gasteiger charge is 2.54. The molecule has 0 bridgehead atoms. The van der Waals surface area contributed by atoms with E-state index in [-0.39, 0.29) is 28.1 Å². The summed E-state index contributed by atoms with van der Waals surface area (Å²) < 4.78 is 0. The number of β-lactam (4-membered cyclic amide) rings is 1. The molecule has 4 heterocycles. The van der Waals surface area contributed by atoms with E-state index in [1.165, 1.54) is 47.1 Å². The van der Waals surface area contributed by atoms with Gasteiger partial charge in [0.2, 0.25) is 0 Å². The van der Waals surface area contributed by atoms with E-state index in [9.17, 15) is 19.5 Å². The Hall–Kier alpha value is -3.63. The molecule has 7 N–H and O–H groups in total. The summed E-state index contributed by atoms with van der Waals surface area (Å²) >= 11 is 3.78. The van der Waals surface area contributed by atoms with Crippen molar-refractivity contribution in [2.24, 2.45) is 10.9 Å². The van der Waals surface area contributed by atoms with Gasteiger partial charge in [-0.05, 0) is 17.7 Å². The summed E-state index contributed by atoms with van der Waals surface area (Å²) in [7, 11) is 1.27. The Bertz CT molecular complexity index is 1290. The number of hydrogen-bond acceptors (Lipinski definition) is 12. The first-order valence-corrected chi connectivity index (χ1v) is 13.1. The zero-order valence-corrected chi connectivity index (χ0v) is 21.1. The van der Waals surface area contributed by atoms with E-state index in [1.807, 2.05) is 0 Å². The van der Waals surface area contributed by atoms with Gasteiger partial charge in [0.1, 0.15) is 35.8 Å². The van der Waals surface area contributed by atoms with Crippen molar-refractivity contribution in [1.82, 2.24) is 20.2 Å². The lowest BCUT2D eigenvalue weighted by Crippen LogP contribution is -2.71. The second kappa shape index (κ2) is 10.5. The molecule has 2 aromatic heterocycles. The van der Waals surface area contributed by atoms with Gasteiger partial charge in [-0.15, -0.1) is 34.9 Å². The van der Waals surface area contributed by atoms with Crippen LogP contribution in [0.5, 0.6) is 0 Å². The summed E-state index contributed by atoms with van der Waals surface area (Å²) in [5.41, 5.74) is 12.1. The van der Waals surface area contributed by atoms with E-state index < -0.39 is 29.2 Å². The van der Waals surface area contributed by atoms with E-state index in [0.29, 0.717) is 27.7 Å². The van der Waals surface area contributed by atoms with Gasteiger partial charge in [0.25, 0.3) is 11.8 Å². The number of nitrogens with zero attached hydrogens (tertiary/aromatic N) is 4. The van der Waals surface area contributed by atoms with E-state index in [2.05, 4.69) is 20.4 Å². The van der Waals surface area contributed by atoms with Crippen LogP contribution in [0.3, 0.4) is 0 Å². The lowest BCUT2D eigenvalue weighted by Gasteiger charge is -2.49. The highest BCUT2D eigenvalue weighted by molar-refractivity contribution is 8.01. The maximum atomic E-state index is 12.9. The number of thioether (sulfide) groups is 2. The number of nitrogens with one attached hydrogen (secondary N) is 2. The minimum absolute atomic E-state index is 0.0971. The van der Waals surface area contributed by atoms with Crippen LogP contribution < -0.4 is 16.8 Å². The van der Waals surface area contributed by atoms with E-state index in [1.54, 1.807) is 12.1 Å². The average Bonchev–Trinajstić information content (AvgIpc) is 3.29. The molecule has 0 aromatic carbocycles. The van der Waals surface area contributed by atoms with Gasteiger partial charge in [-0.1, -0.05) is 5.16 Å². The Balaban J connectivity index is 1.47. The number of nitrogens with two attached hydrogens (primary N) is 2. The number of carboxylic acids is 1. The molecule has 2 amide bonds. The van der Waals surface area contributed by atoms with Crippen LogP contribution in [0.25, 0.3) is 0 Å². The predicted octanol–water partition coefficient (Wildman–Crippen LogP) is 0.286. The highest BCUT2D eigenvalue weighted by atomic mass is 32.2. The molecule has 0 unspecified atom stereocenters. The van der Waals surface area contributed by atoms with Gasteiger partial charge in [-0.25, -0.2) is 14.8 Å². The van der Waals surface area contributed by atoms with Crippen molar-refractivity contribution < 1.29 is 24.3 Å². The standard InChI is InChI=1S/C20H20N8O5S3/c1-33-27-12(10-7-36-20(23)25-10)16(29)26-13-17(30)28-14(19(31)32)9(6-35-18(13)28)5-34-11-3-2-8(4-24-11)15(21)22/h2-4,7,13,18H,5-6H2,1H3,(H3,21,22)(H2,23,25)(H,26,29)(H,31,32)/b27-12-/t13-,18-/m1/s1. The Kier molecular flexibility index (Phi) is 7.46. The highest BCUT2D eigenvalue weighted by Crippen LogP contribution is 2.41. The molecule has 36 heavy (non-hydrogen) atoms. The number of carbonyl (C=O) groups excluding carboxylic acids is 2. The number of amidine groups is 1. The summed E-state index contributed by atoms with van der Waals surface area (Å²) in [4.78, 5) is 52.0. The molecular weight excluding hydrogens is 528 g/mol. The van der Waals surface area contributed by atoms with Crippen molar-refractivity contribution in [3.63, 3.8) is 0 Å². The van der Waals surface area contributed by atoms with Crippen molar-refractivity contribution >= 4 is 69.3 Å². The first kappa shape index (κ1) is 25.5. The number of nitrogen functional groups attached to an aromatic ring is 2. The number of carboxylic acid groups (broad SMARTS) is 1. The fraction of sp³-hybridized carbons (Fsp3) is 0.250. The smallest absolute Gasteiger partial charge is 0.352 e. The molecule has 2 aliphatic rings. The fourth-order valence-corrected chi connectivity index (χ4v) is 6.36. The zero-order chi connectivity index (χ0) is 26.0. The number of rotatable bonds is 9. The number of pyridine rings is 1. The molecular formula is C20H20N8O5S3. The SMILES string of the molecule is CO/N=C(\C(=O)N[C@@H]1C(=O)N2C(C(=O)O)=C(CSc3ccc(C(=N)N)cn3)CS[C@H]12)c1csc(N)n1. The lowest BCUT2D eigenvalue weighted by molar-refractivity contribution is -0.150. The molecule has 0 radical (unpaired) electrons. The molecule has 1 saturated heterocycles. The predicted molar refractivity (Wildman–Crippen MR) is 136 cm³/mol. The van der Waals surface area contributed by atoms with Crippen molar-refractivity contribution in [2.75, 3.05) is 24.3 Å². The van der Waals surface area contributed by atoms with Crippen molar-refractivity contribution in [2.45, 2.75) is 16.4 Å². The summed E-state index contributed by atoms with van der Waals surface area (Å²) in [5.74, 6) is -1.91. The number of anilines is 1. The fourth-order valence-electron chi connectivity index (χ4n) is 3.48. The maximum Gasteiger partial charge on any atom is 0.352 e. The number of aliphatic carboxylic acids is 1. The molecule has 2 atom stereocenters. The molecule has 2 aromatic rings. The number of aromatic nitrogens is 2. The minimum atomic E-state index is -1.23. The molecule has 188 valence electrons. The first-order valence-electron chi connectivity index (χ1n) is 10.2. The molecule has 0 saturated carbocycles. The van der Waals surface area contributed by atoms with Gasteiger partial charge >= 0.3 is 5.97 Å². The Morgan fingerprint density at radius 2 is 2.22 bits per heavy atom.